The lowest BCUT2D eigenvalue weighted by atomic mass is 9.81. The molecule has 3 nitrogen and oxygen atoms in total. The van der Waals surface area contributed by atoms with Gasteiger partial charge in [0.25, 0.3) is 0 Å². The van der Waals surface area contributed by atoms with E-state index in [1.165, 1.54) is 12.1 Å². The first-order valence-electron chi connectivity index (χ1n) is 9.13. The van der Waals surface area contributed by atoms with Gasteiger partial charge in [-0.3, -0.25) is 4.79 Å². The number of carbonyl (C=O) groups excluding carboxylic acids is 1. The van der Waals surface area contributed by atoms with Crippen LogP contribution < -0.4 is 10.6 Å². The normalized spacial score (nSPS) is 29.0. The smallest absolute Gasteiger partial charge is 0.223 e. The van der Waals surface area contributed by atoms with Gasteiger partial charge >= 0.3 is 0 Å². The number of amides is 1. The van der Waals surface area contributed by atoms with E-state index in [0.717, 1.165) is 18.8 Å². The van der Waals surface area contributed by atoms with Gasteiger partial charge in [-0.05, 0) is 58.8 Å². The molecule has 2 fully saturated rings. The molecule has 0 aromatic rings. The Morgan fingerprint density at radius 1 is 0.957 bits per heavy atom. The molecule has 2 heterocycles. The van der Waals surface area contributed by atoms with E-state index < -0.39 is 0 Å². The average Bonchev–Trinajstić information content (AvgIpc) is 2.61. The molecule has 2 saturated heterocycles. The Morgan fingerprint density at radius 2 is 1.48 bits per heavy atom. The zero-order valence-corrected chi connectivity index (χ0v) is 16.5. The second-order valence-electron chi connectivity index (χ2n) is 9.35. The Morgan fingerprint density at radius 3 is 1.78 bits per heavy atom. The van der Waals surface area contributed by atoms with Gasteiger partial charge in [0.2, 0.25) is 5.91 Å². The van der Waals surface area contributed by atoms with E-state index in [1.54, 1.807) is 0 Å². The number of carbonyl (C=O) groups is 1. The maximum Gasteiger partial charge on any atom is 0.223 e. The third-order valence-electron chi connectivity index (χ3n) is 5.16. The Balaban J connectivity index is 0.000000231. The number of hydrogen-bond acceptors (Lipinski definition) is 2. The van der Waals surface area contributed by atoms with Gasteiger partial charge < -0.3 is 10.6 Å². The lowest BCUT2D eigenvalue weighted by Crippen LogP contribution is -2.51. The molecule has 0 saturated carbocycles. The van der Waals surface area contributed by atoms with E-state index in [0.29, 0.717) is 11.8 Å². The van der Waals surface area contributed by atoms with Crippen LogP contribution in [0.15, 0.2) is 12.3 Å². The quantitative estimate of drug-likeness (QED) is 0.786. The van der Waals surface area contributed by atoms with Gasteiger partial charge in [0, 0.05) is 28.6 Å². The van der Waals surface area contributed by atoms with Crippen LogP contribution in [0.4, 0.5) is 0 Å². The van der Waals surface area contributed by atoms with E-state index in [1.807, 2.05) is 0 Å². The topological polar surface area (TPSA) is 41.1 Å². The van der Waals surface area contributed by atoms with Crippen LogP contribution in [0.3, 0.4) is 0 Å². The summed E-state index contributed by atoms with van der Waals surface area (Å²) in [5.41, 5.74) is 1.51. The van der Waals surface area contributed by atoms with Crippen molar-refractivity contribution in [2.75, 3.05) is 0 Å². The summed E-state index contributed by atoms with van der Waals surface area (Å²) < 4.78 is 0. The van der Waals surface area contributed by atoms with Gasteiger partial charge in [0.1, 0.15) is 0 Å². The predicted octanol–water partition coefficient (Wildman–Crippen LogP) is 4.49. The highest BCUT2D eigenvalue weighted by atomic mass is 16.2. The summed E-state index contributed by atoms with van der Waals surface area (Å²) in [5, 5.41) is 6.48. The lowest BCUT2D eigenvalue weighted by molar-refractivity contribution is -0.130. The third-order valence-corrected chi connectivity index (χ3v) is 5.16. The SMILES string of the molecule is C=C1NC(C)(C)CC1C(C)C.CC(C)C1CCC(C)(C)NC1=O. The average molecular weight is 323 g/mol. The number of allylic oxidation sites excluding steroid dienone is 1. The molecule has 2 atom stereocenters. The molecule has 1 amide bonds. The fraction of sp³-hybridized carbons (Fsp3) is 0.850. The monoisotopic (exact) mass is 322 g/mol. The zero-order chi connectivity index (χ0) is 18.0. The maximum absolute atomic E-state index is 11.5. The zero-order valence-electron chi connectivity index (χ0n) is 16.5. The van der Waals surface area contributed by atoms with Crippen LogP contribution in [0, 0.1) is 23.7 Å². The van der Waals surface area contributed by atoms with Crippen LogP contribution in [0.1, 0.15) is 74.7 Å². The molecule has 2 unspecified atom stereocenters. The molecular weight excluding hydrogens is 284 g/mol. The van der Waals surface area contributed by atoms with Gasteiger partial charge in [-0.1, -0.05) is 34.3 Å². The van der Waals surface area contributed by atoms with Crippen molar-refractivity contribution in [1.82, 2.24) is 10.6 Å². The van der Waals surface area contributed by atoms with Crippen molar-refractivity contribution in [3.63, 3.8) is 0 Å². The summed E-state index contributed by atoms with van der Waals surface area (Å²) in [5.74, 6) is 2.34. The molecule has 2 aliphatic rings. The standard InChI is InChI=1S/C10H19NO.C10H19N/c1-7(2)8-5-6-10(3,4)11-9(8)12;1-7(2)9-6-10(4,5)11-8(9)3/h7-8H,5-6H2,1-4H3,(H,11,12);7,9,11H,3,6H2,1-2,4-5H3. The van der Waals surface area contributed by atoms with Gasteiger partial charge in [-0.2, -0.15) is 0 Å². The predicted molar refractivity (Wildman–Crippen MR) is 99.1 cm³/mol. The third kappa shape index (κ3) is 5.86. The number of nitrogens with one attached hydrogen (secondary N) is 2. The van der Waals surface area contributed by atoms with Crippen molar-refractivity contribution in [1.29, 1.82) is 0 Å². The Hall–Kier alpha value is -0.990. The van der Waals surface area contributed by atoms with Crippen LogP contribution in [0.2, 0.25) is 0 Å². The van der Waals surface area contributed by atoms with Gasteiger partial charge in [0.05, 0.1) is 0 Å². The van der Waals surface area contributed by atoms with E-state index in [2.05, 4.69) is 72.6 Å². The van der Waals surface area contributed by atoms with Crippen molar-refractivity contribution >= 4 is 5.91 Å². The number of rotatable bonds is 2. The van der Waals surface area contributed by atoms with Crippen LogP contribution >= 0.6 is 0 Å². The van der Waals surface area contributed by atoms with E-state index >= 15 is 0 Å². The molecule has 0 bridgehead atoms. The second kappa shape index (κ2) is 7.27. The second-order valence-corrected chi connectivity index (χ2v) is 9.35. The highest BCUT2D eigenvalue weighted by molar-refractivity contribution is 5.80. The van der Waals surface area contributed by atoms with E-state index in [9.17, 15) is 4.79 Å². The van der Waals surface area contributed by atoms with Crippen molar-refractivity contribution in [3.05, 3.63) is 12.3 Å². The fourth-order valence-corrected chi connectivity index (χ4v) is 3.66. The van der Waals surface area contributed by atoms with Crippen LogP contribution in [-0.2, 0) is 4.79 Å². The molecule has 0 aliphatic carbocycles. The van der Waals surface area contributed by atoms with Crippen LogP contribution in [-0.4, -0.2) is 17.0 Å². The van der Waals surface area contributed by atoms with Crippen molar-refractivity contribution in [2.24, 2.45) is 23.7 Å². The molecule has 0 radical (unpaired) electrons. The highest BCUT2D eigenvalue weighted by Gasteiger charge is 2.35. The Labute approximate surface area is 143 Å². The molecule has 0 spiro atoms. The maximum atomic E-state index is 11.5. The molecule has 0 aromatic carbocycles. The van der Waals surface area contributed by atoms with Crippen molar-refractivity contribution in [3.8, 4) is 0 Å². The highest BCUT2D eigenvalue weighted by Crippen LogP contribution is 2.34. The van der Waals surface area contributed by atoms with Gasteiger partial charge in [0.15, 0.2) is 0 Å². The fourth-order valence-electron chi connectivity index (χ4n) is 3.66. The van der Waals surface area contributed by atoms with Crippen LogP contribution in [0.25, 0.3) is 0 Å². The summed E-state index contributed by atoms with van der Waals surface area (Å²) in [7, 11) is 0. The summed E-state index contributed by atoms with van der Waals surface area (Å²) in [6.45, 7) is 21.4. The van der Waals surface area contributed by atoms with Crippen LogP contribution in [0.5, 0.6) is 0 Å². The summed E-state index contributed by atoms with van der Waals surface area (Å²) in [4.78, 5) is 11.5. The molecule has 2 rings (SSSR count). The molecular formula is C20H38N2O. The first-order chi connectivity index (χ1) is 10.3. The molecule has 134 valence electrons. The minimum atomic E-state index is 0.0163. The largest absolute Gasteiger partial charge is 0.384 e. The first kappa shape index (κ1) is 20.1. The number of piperidine rings is 1. The summed E-state index contributed by atoms with van der Waals surface area (Å²) >= 11 is 0. The molecule has 2 aliphatic heterocycles. The molecule has 3 heteroatoms. The van der Waals surface area contributed by atoms with Gasteiger partial charge in [-0.25, -0.2) is 0 Å². The summed E-state index contributed by atoms with van der Waals surface area (Å²) in [6.07, 6.45) is 3.36. The van der Waals surface area contributed by atoms with Gasteiger partial charge in [-0.15, -0.1) is 0 Å². The van der Waals surface area contributed by atoms with E-state index in [4.69, 9.17) is 0 Å². The molecule has 23 heavy (non-hydrogen) atoms. The minimum Gasteiger partial charge on any atom is -0.384 e. The van der Waals surface area contributed by atoms with Crippen molar-refractivity contribution < 1.29 is 4.79 Å². The first-order valence-corrected chi connectivity index (χ1v) is 9.13. The van der Waals surface area contributed by atoms with Crippen molar-refractivity contribution in [2.45, 2.75) is 85.7 Å². The lowest BCUT2D eigenvalue weighted by Gasteiger charge is -2.36. The minimum absolute atomic E-state index is 0.0163. The number of hydrogen-bond donors (Lipinski definition) is 2. The summed E-state index contributed by atoms with van der Waals surface area (Å²) in [6, 6.07) is 0. The molecule has 2 N–H and O–H groups in total. The molecule has 0 aromatic heterocycles. The van der Waals surface area contributed by atoms with E-state index in [-0.39, 0.29) is 22.9 Å². The Kier molecular flexibility index (Phi) is 6.34. The Bertz CT molecular complexity index is 435.